The van der Waals surface area contributed by atoms with Gasteiger partial charge in [0.15, 0.2) is 0 Å². The molecule has 1 fully saturated rings. The van der Waals surface area contributed by atoms with E-state index >= 15 is 0 Å². The van der Waals surface area contributed by atoms with Crippen molar-refractivity contribution < 1.29 is 14.3 Å². The van der Waals surface area contributed by atoms with Gasteiger partial charge >= 0.3 is 6.09 Å². The molecule has 0 aromatic rings. The number of nitrogens with zero attached hydrogens (tertiary/aromatic N) is 1. The lowest BCUT2D eigenvalue weighted by molar-refractivity contribution is -0.135. The number of carbonyl (C=O) groups excluding carboxylic acids is 2. The van der Waals surface area contributed by atoms with E-state index in [-0.39, 0.29) is 17.9 Å². The minimum atomic E-state index is -0.554. The summed E-state index contributed by atoms with van der Waals surface area (Å²) in [6, 6.07) is -0.265. The van der Waals surface area contributed by atoms with E-state index in [2.05, 4.69) is 23.9 Å². The molecule has 1 aliphatic rings. The fourth-order valence-corrected chi connectivity index (χ4v) is 2.49. The van der Waals surface area contributed by atoms with Gasteiger partial charge in [0.1, 0.15) is 6.04 Å². The third-order valence-electron chi connectivity index (χ3n) is 3.46. The number of likely N-dealkylation sites (tertiary alicyclic amines) is 1. The van der Waals surface area contributed by atoms with Crippen LogP contribution in [-0.4, -0.2) is 42.6 Å². The van der Waals surface area contributed by atoms with Crippen molar-refractivity contribution in [2.45, 2.75) is 46.2 Å². The molecule has 1 heterocycles. The Balaban J connectivity index is 2.74. The van der Waals surface area contributed by atoms with Crippen LogP contribution in [0, 0.1) is 11.8 Å². The predicted octanol–water partition coefficient (Wildman–Crippen LogP) is 1.62. The first-order chi connectivity index (χ1) is 8.36. The van der Waals surface area contributed by atoms with Crippen molar-refractivity contribution in [3.05, 3.63) is 0 Å². The molecule has 1 saturated heterocycles. The zero-order chi connectivity index (χ0) is 13.9. The van der Waals surface area contributed by atoms with Crippen LogP contribution in [0.3, 0.4) is 0 Å². The van der Waals surface area contributed by atoms with Crippen molar-refractivity contribution in [2.75, 3.05) is 13.7 Å². The van der Waals surface area contributed by atoms with Gasteiger partial charge in [0.05, 0.1) is 7.11 Å². The maximum absolute atomic E-state index is 12.5. The molecule has 0 radical (unpaired) electrons. The second-order valence-electron chi connectivity index (χ2n) is 5.54. The van der Waals surface area contributed by atoms with Gasteiger partial charge in [0, 0.05) is 12.6 Å². The Morgan fingerprint density at radius 1 is 1.33 bits per heavy atom. The van der Waals surface area contributed by atoms with Crippen molar-refractivity contribution in [2.24, 2.45) is 11.8 Å². The van der Waals surface area contributed by atoms with Gasteiger partial charge in [0.25, 0.3) is 0 Å². The van der Waals surface area contributed by atoms with Gasteiger partial charge in [-0.15, -0.1) is 0 Å². The molecule has 104 valence electrons. The molecule has 5 heteroatoms. The van der Waals surface area contributed by atoms with Crippen LogP contribution >= 0.6 is 0 Å². The average molecular weight is 256 g/mol. The fraction of sp³-hybridized carbons (Fsp3) is 0.846. The number of amides is 2. The summed E-state index contributed by atoms with van der Waals surface area (Å²) in [7, 11) is 1.30. The summed E-state index contributed by atoms with van der Waals surface area (Å²) >= 11 is 0. The lowest BCUT2D eigenvalue weighted by atomic mass is 10.0. The lowest BCUT2D eigenvalue weighted by Gasteiger charge is -2.29. The molecule has 1 N–H and O–H groups in total. The summed E-state index contributed by atoms with van der Waals surface area (Å²) in [6.45, 7) is 8.80. The van der Waals surface area contributed by atoms with Crippen LogP contribution < -0.4 is 5.32 Å². The topological polar surface area (TPSA) is 58.6 Å². The zero-order valence-corrected chi connectivity index (χ0v) is 11.9. The summed E-state index contributed by atoms with van der Waals surface area (Å²) in [5, 5.41) is 2.63. The minimum Gasteiger partial charge on any atom is -0.453 e. The highest BCUT2D eigenvalue weighted by molar-refractivity contribution is 5.86. The monoisotopic (exact) mass is 256 g/mol. The zero-order valence-electron chi connectivity index (χ0n) is 11.9. The van der Waals surface area contributed by atoms with E-state index in [1.54, 1.807) is 0 Å². The summed E-state index contributed by atoms with van der Waals surface area (Å²) < 4.78 is 4.57. The van der Waals surface area contributed by atoms with Gasteiger partial charge in [-0.25, -0.2) is 4.79 Å². The summed E-state index contributed by atoms with van der Waals surface area (Å²) in [6.07, 6.45) is 0.469. The van der Waals surface area contributed by atoms with E-state index in [1.165, 1.54) is 7.11 Å². The van der Waals surface area contributed by atoms with Crippen LogP contribution in [0.2, 0.25) is 0 Å². The molecule has 1 rings (SSSR count). The fourth-order valence-electron chi connectivity index (χ4n) is 2.49. The SMILES string of the molecule is COC(=O)N[C@H](C(=O)N1C[C@@H](C)C[C@H]1C)C(C)C. The van der Waals surface area contributed by atoms with E-state index in [4.69, 9.17) is 0 Å². The van der Waals surface area contributed by atoms with E-state index in [0.29, 0.717) is 5.92 Å². The first kappa shape index (κ1) is 14.8. The summed E-state index contributed by atoms with van der Waals surface area (Å²) in [5.41, 5.74) is 0. The van der Waals surface area contributed by atoms with Crippen LogP contribution in [0.25, 0.3) is 0 Å². The summed E-state index contributed by atoms with van der Waals surface area (Å²) in [5.74, 6) is 0.557. The molecule has 0 bridgehead atoms. The van der Waals surface area contributed by atoms with Crippen molar-refractivity contribution in [3.8, 4) is 0 Å². The van der Waals surface area contributed by atoms with Crippen LogP contribution in [0.15, 0.2) is 0 Å². The Morgan fingerprint density at radius 2 is 1.94 bits per heavy atom. The Kier molecular flexibility index (Phi) is 4.99. The van der Waals surface area contributed by atoms with Gasteiger partial charge in [-0.2, -0.15) is 0 Å². The molecule has 0 spiro atoms. The first-order valence-corrected chi connectivity index (χ1v) is 6.51. The molecule has 0 saturated carbocycles. The molecule has 0 aromatic carbocycles. The highest BCUT2D eigenvalue weighted by Gasteiger charge is 2.35. The standard InChI is InChI=1S/C13H24N2O3/c1-8(2)11(14-13(17)18-5)12(16)15-7-9(3)6-10(15)4/h8-11H,6-7H2,1-5H3,(H,14,17)/t9-,10+,11-/m0/s1. The van der Waals surface area contributed by atoms with Crippen LogP contribution in [0.4, 0.5) is 4.79 Å². The van der Waals surface area contributed by atoms with Crippen LogP contribution in [-0.2, 0) is 9.53 Å². The molecular weight excluding hydrogens is 232 g/mol. The van der Waals surface area contributed by atoms with Gasteiger partial charge in [-0.05, 0) is 25.2 Å². The van der Waals surface area contributed by atoms with Gasteiger partial charge in [-0.3, -0.25) is 4.79 Å². The highest BCUT2D eigenvalue weighted by atomic mass is 16.5. The lowest BCUT2D eigenvalue weighted by Crippen LogP contribution is -2.52. The number of ether oxygens (including phenoxy) is 1. The average Bonchev–Trinajstić information content (AvgIpc) is 2.63. The van der Waals surface area contributed by atoms with Gasteiger partial charge in [0.2, 0.25) is 5.91 Å². The molecule has 5 nitrogen and oxygen atoms in total. The van der Waals surface area contributed by atoms with E-state index in [0.717, 1.165) is 13.0 Å². The normalized spacial score (nSPS) is 25.1. The number of hydrogen-bond acceptors (Lipinski definition) is 3. The van der Waals surface area contributed by atoms with Gasteiger partial charge in [-0.1, -0.05) is 20.8 Å². The van der Waals surface area contributed by atoms with Crippen molar-refractivity contribution in [3.63, 3.8) is 0 Å². The third kappa shape index (κ3) is 3.37. The minimum absolute atomic E-state index is 0.00718. The first-order valence-electron chi connectivity index (χ1n) is 6.51. The van der Waals surface area contributed by atoms with E-state index in [1.807, 2.05) is 18.7 Å². The van der Waals surface area contributed by atoms with Crippen molar-refractivity contribution >= 4 is 12.0 Å². The second kappa shape index (κ2) is 6.07. The molecule has 0 unspecified atom stereocenters. The van der Waals surface area contributed by atoms with E-state index in [9.17, 15) is 9.59 Å². The number of hydrogen-bond donors (Lipinski definition) is 1. The molecular formula is C13H24N2O3. The molecule has 2 amide bonds. The Bertz CT molecular complexity index is 317. The summed E-state index contributed by atoms with van der Waals surface area (Å²) in [4.78, 5) is 25.6. The van der Waals surface area contributed by atoms with Crippen molar-refractivity contribution in [1.29, 1.82) is 0 Å². The predicted molar refractivity (Wildman–Crippen MR) is 69.1 cm³/mol. The smallest absolute Gasteiger partial charge is 0.407 e. The second-order valence-corrected chi connectivity index (χ2v) is 5.54. The van der Waals surface area contributed by atoms with Gasteiger partial charge < -0.3 is 15.0 Å². The maximum Gasteiger partial charge on any atom is 0.407 e. The molecule has 0 aromatic heterocycles. The number of alkyl carbamates (subject to hydrolysis) is 1. The Morgan fingerprint density at radius 3 is 2.33 bits per heavy atom. The molecule has 1 aliphatic heterocycles. The van der Waals surface area contributed by atoms with Crippen molar-refractivity contribution in [1.82, 2.24) is 10.2 Å². The highest BCUT2D eigenvalue weighted by Crippen LogP contribution is 2.24. The third-order valence-corrected chi connectivity index (χ3v) is 3.46. The largest absolute Gasteiger partial charge is 0.453 e. The van der Waals surface area contributed by atoms with Crippen LogP contribution in [0.1, 0.15) is 34.1 Å². The Hall–Kier alpha value is -1.26. The molecule has 3 atom stereocenters. The number of nitrogens with one attached hydrogen (secondary N) is 1. The molecule has 0 aliphatic carbocycles. The quantitative estimate of drug-likeness (QED) is 0.835. The molecule has 18 heavy (non-hydrogen) atoms. The maximum atomic E-state index is 12.5. The number of carbonyl (C=O) groups is 2. The van der Waals surface area contributed by atoms with E-state index < -0.39 is 12.1 Å². The number of methoxy groups -OCH3 is 1. The number of rotatable bonds is 3. The van der Waals surface area contributed by atoms with Crippen LogP contribution in [0.5, 0.6) is 0 Å². The Labute approximate surface area is 109 Å².